The molecule has 0 aliphatic carbocycles. The van der Waals surface area contributed by atoms with Gasteiger partial charge >= 0.3 is 6.18 Å². The highest BCUT2D eigenvalue weighted by atomic mass is 19.4. The molecule has 11 heteroatoms. The fourth-order valence-corrected chi connectivity index (χ4v) is 6.28. The number of rotatable bonds is 4. The fraction of sp³-hybridized carbons (Fsp3) is 0.310. The van der Waals surface area contributed by atoms with E-state index in [1.54, 1.807) is 36.4 Å². The van der Waals surface area contributed by atoms with Gasteiger partial charge in [-0.1, -0.05) is 12.1 Å². The van der Waals surface area contributed by atoms with Crippen molar-refractivity contribution in [1.82, 2.24) is 9.88 Å². The molecule has 6 rings (SSSR count). The van der Waals surface area contributed by atoms with Crippen molar-refractivity contribution in [3.8, 4) is 16.9 Å². The first-order valence-electron chi connectivity index (χ1n) is 12.7. The molecule has 2 atom stereocenters. The smallest absolute Gasteiger partial charge is 0.417 e. The van der Waals surface area contributed by atoms with Gasteiger partial charge in [-0.2, -0.15) is 13.2 Å². The summed E-state index contributed by atoms with van der Waals surface area (Å²) < 4.78 is 59.9. The number of fused-ring (bicyclic) bond motifs is 5. The summed E-state index contributed by atoms with van der Waals surface area (Å²) in [6.07, 6.45) is -5.09. The van der Waals surface area contributed by atoms with Crippen LogP contribution in [0.25, 0.3) is 32.9 Å². The van der Waals surface area contributed by atoms with Crippen LogP contribution in [0.3, 0.4) is 0 Å². The molecule has 1 aromatic heterocycles. The van der Waals surface area contributed by atoms with Crippen molar-refractivity contribution in [3.63, 3.8) is 0 Å². The zero-order chi connectivity index (χ0) is 28.6. The number of methoxy groups -OCH3 is 1. The van der Waals surface area contributed by atoms with Gasteiger partial charge in [-0.05, 0) is 60.4 Å². The Morgan fingerprint density at radius 3 is 2.33 bits per heavy atom. The van der Waals surface area contributed by atoms with Crippen molar-refractivity contribution >= 4 is 33.6 Å². The number of aromatic nitrogens is 1. The van der Waals surface area contributed by atoms with Crippen molar-refractivity contribution in [2.45, 2.75) is 49.5 Å². The topological polar surface area (TPSA) is 109 Å². The van der Waals surface area contributed by atoms with Crippen molar-refractivity contribution in [1.29, 1.82) is 0 Å². The monoisotopic (exact) mass is 555 g/mol. The number of ether oxygens (including phenoxy) is 1. The Balaban J connectivity index is 1.39. The Hall–Kier alpha value is -4.12. The standard InChI is InChI=1S/C29H25F4N3O4/c1-40-24-7-3-14(10-22(24)30)16-8-20-19-6-2-15(11-23(19)35-25(20)21(9-16)26(34)37)27(38)36-17-4-5-18(36)13-28(39,12-17)29(31,32)33/h2-3,6-11,17-18,35,39H,4-5,12-13H2,1H3,(H2,34,37). The first-order chi connectivity index (χ1) is 18.9. The van der Waals surface area contributed by atoms with Crippen LogP contribution < -0.4 is 10.5 Å². The Kier molecular flexibility index (Phi) is 5.85. The highest BCUT2D eigenvalue weighted by molar-refractivity contribution is 6.17. The molecule has 40 heavy (non-hydrogen) atoms. The summed E-state index contributed by atoms with van der Waals surface area (Å²) >= 11 is 0. The van der Waals surface area contributed by atoms with Gasteiger partial charge in [0.25, 0.3) is 11.8 Å². The van der Waals surface area contributed by atoms with Crippen molar-refractivity contribution in [2.75, 3.05) is 7.11 Å². The number of amides is 2. The van der Waals surface area contributed by atoms with Crippen LogP contribution in [0.15, 0.2) is 48.5 Å². The zero-order valence-corrected chi connectivity index (χ0v) is 21.3. The molecule has 2 aliphatic rings. The van der Waals surface area contributed by atoms with E-state index in [1.165, 1.54) is 24.1 Å². The summed E-state index contributed by atoms with van der Waals surface area (Å²) in [5.74, 6) is -1.61. The quantitative estimate of drug-likeness (QED) is 0.297. The number of piperidine rings is 1. The highest BCUT2D eigenvalue weighted by Gasteiger charge is 2.61. The summed E-state index contributed by atoms with van der Waals surface area (Å²) in [5, 5.41) is 11.6. The minimum atomic E-state index is -4.76. The third kappa shape index (κ3) is 3.98. The van der Waals surface area contributed by atoms with Gasteiger partial charge in [0, 0.05) is 46.8 Å². The summed E-state index contributed by atoms with van der Waals surface area (Å²) in [6.45, 7) is 0. The number of primary amides is 1. The molecule has 2 saturated heterocycles. The number of hydrogen-bond donors (Lipinski definition) is 3. The number of aliphatic hydroxyl groups is 1. The molecule has 2 amide bonds. The summed E-state index contributed by atoms with van der Waals surface area (Å²) in [7, 11) is 1.36. The first-order valence-corrected chi connectivity index (χ1v) is 12.7. The molecule has 2 unspecified atom stereocenters. The van der Waals surface area contributed by atoms with E-state index in [4.69, 9.17) is 10.5 Å². The molecule has 3 heterocycles. The number of hydrogen-bond acceptors (Lipinski definition) is 4. The lowest BCUT2D eigenvalue weighted by Gasteiger charge is -2.44. The second-order valence-corrected chi connectivity index (χ2v) is 10.6. The number of nitrogens with two attached hydrogens (primary N) is 1. The van der Waals surface area contributed by atoms with Gasteiger partial charge in [0.2, 0.25) is 0 Å². The van der Waals surface area contributed by atoms with Gasteiger partial charge in [-0.3, -0.25) is 9.59 Å². The van der Waals surface area contributed by atoms with E-state index in [-0.39, 0.29) is 16.9 Å². The van der Waals surface area contributed by atoms with E-state index in [0.29, 0.717) is 45.8 Å². The van der Waals surface area contributed by atoms with Gasteiger partial charge in [0.1, 0.15) is 0 Å². The SMILES string of the molecule is COc1ccc(-c2cc(C(N)=O)c3[nH]c4cc(C(=O)N5C6CCC5CC(O)(C(F)(F)F)C6)ccc4c3c2)cc1F. The molecule has 2 fully saturated rings. The Labute approximate surface area is 225 Å². The molecule has 3 aromatic carbocycles. The number of carbonyl (C=O) groups is 2. The van der Waals surface area contributed by atoms with Crippen LogP contribution in [0.4, 0.5) is 17.6 Å². The minimum absolute atomic E-state index is 0.0782. The normalized spacial score (nSPS) is 22.7. The van der Waals surface area contributed by atoms with Crippen molar-refractivity contribution in [3.05, 3.63) is 65.5 Å². The number of nitrogens with one attached hydrogen (secondary N) is 1. The predicted molar refractivity (Wildman–Crippen MR) is 139 cm³/mol. The number of H-pyrrole nitrogens is 1. The van der Waals surface area contributed by atoms with Gasteiger partial charge in [0.15, 0.2) is 17.2 Å². The van der Waals surface area contributed by atoms with E-state index >= 15 is 0 Å². The lowest BCUT2D eigenvalue weighted by atomic mass is 9.85. The van der Waals surface area contributed by atoms with Crippen LogP contribution in [0, 0.1) is 5.82 Å². The van der Waals surface area contributed by atoms with Crippen LogP contribution in [-0.2, 0) is 0 Å². The lowest BCUT2D eigenvalue weighted by Crippen LogP contribution is -2.58. The largest absolute Gasteiger partial charge is 0.494 e. The molecular formula is C29H25F4N3O4. The Bertz CT molecular complexity index is 1680. The number of carbonyl (C=O) groups excluding carboxylic acids is 2. The van der Waals surface area contributed by atoms with Crippen molar-refractivity contribution < 1.29 is 37.0 Å². The molecule has 208 valence electrons. The van der Waals surface area contributed by atoms with Crippen LogP contribution in [-0.4, -0.2) is 57.8 Å². The number of aromatic amines is 1. The van der Waals surface area contributed by atoms with E-state index in [0.717, 1.165) is 0 Å². The first kappa shape index (κ1) is 26.1. The number of nitrogens with zero attached hydrogens (tertiary/aromatic N) is 1. The summed E-state index contributed by atoms with van der Waals surface area (Å²) in [5.41, 5.74) is 5.34. The number of halogens is 4. The highest BCUT2D eigenvalue weighted by Crippen LogP contribution is 2.48. The molecule has 0 radical (unpaired) electrons. The van der Waals surface area contributed by atoms with E-state index in [2.05, 4.69) is 4.98 Å². The Morgan fingerprint density at radius 2 is 1.73 bits per heavy atom. The molecule has 0 saturated carbocycles. The van der Waals surface area contributed by atoms with Gasteiger partial charge in [-0.15, -0.1) is 0 Å². The van der Waals surface area contributed by atoms with Crippen molar-refractivity contribution in [2.24, 2.45) is 5.73 Å². The van der Waals surface area contributed by atoms with Gasteiger partial charge < -0.3 is 25.5 Å². The maximum atomic E-state index is 14.4. The van der Waals surface area contributed by atoms with Crippen LogP contribution in [0.2, 0.25) is 0 Å². The summed E-state index contributed by atoms with van der Waals surface area (Å²) in [4.78, 5) is 30.5. The molecule has 4 N–H and O–H groups in total. The average molecular weight is 556 g/mol. The second-order valence-electron chi connectivity index (χ2n) is 10.6. The molecule has 4 aromatic rings. The van der Waals surface area contributed by atoms with E-state index < -0.39 is 54.3 Å². The Morgan fingerprint density at radius 1 is 1.02 bits per heavy atom. The average Bonchev–Trinajstić information content (AvgIpc) is 3.41. The zero-order valence-electron chi connectivity index (χ0n) is 21.3. The summed E-state index contributed by atoms with van der Waals surface area (Å²) in [6, 6.07) is 11.2. The van der Waals surface area contributed by atoms with E-state index in [1.807, 2.05) is 0 Å². The molecule has 2 bridgehead atoms. The van der Waals surface area contributed by atoms with Crippen LogP contribution in [0.1, 0.15) is 46.4 Å². The van der Waals surface area contributed by atoms with Gasteiger partial charge in [-0.25, -0.2) is 4.39 Å². The minimum Gasteiger partial charge on any atom is -0.494 e. The maximum absolute atomic E-state index is 14.4. The molecule has 7 nitrogen and oxygen atoms in total. The van der Waals surface area contributed by atoms with Crippen LogP contribution in [0.5, 0.6) is 5.75 Å². The number of benzene rings is 3. The van der Waals surface area contributed by atoms with E-state index in [9.17, 15) is 32.3 Å². The fourth-order valence-electron chi connectivity index (χ4n) is 6.28. The van der Waals surface area contributed by atoms with Gasteiger partial charge in [0.05, 0.1) is 18.2 Å². The third-order valence-electron chi connectivity index (χ3n) is 8.23. The molecule has 0 spiro atoms. The number of alkyl halides is 3. The third-order valence-corrected chi connectivity index (χ3v) is 8.23. The lowest BCUT2D eigenvalue weighted by molar-refractivity contribution is -0.277. The second kappa shape index (κ2) is 8.95. The predicted octanol–water partition coefficient (Wildman–Crippen LogP) is 5.30. The molecular weight excluding hydrogens is 530 g/mol. The maximum Gasteiger partial charge on any atom is 0.417 e. The molecule has 2 aliphatic heterocycles. The van der Waals surface area contributed by atoms with Crippen LogP contribution >= 0.6 is 0 Å².